The highest BCUT2D eigenvalue weighted by atomic mass is 16.5. The van der Waals surface area contributed by atoms with E-state index >= 15 is 0 Å². The van der Waals surface area contributed by atoms with E-state index in [1.165, 1.54) is 0 Å². The van der Waals surface area contributed by atoms with Crippen LogP contribution in [-0.2, 0) is 6.54 Å². The predicted molar refractivity (Wildman–Crippen MR) is 86.0 cm³/mol. The first-order valence-corrected chi connectivity index (χ1v) is 7.88. The molecule has 24 heavy (non-hydrogen) atoms. The molecule has 1 aliphatic heterocycles. The number of aromatic hydroxyl groups is 1. The van der Waals surface area contributed by atoms with Crippen LogP contribution in [0.25, 0.3) is 0 Å². The van der Waals surface area contributed by atoms with Crippen LogP contribution in [0.3, 0.4) is 0 Å². The number of aromatic nitrogens is 1. The highest BCUT2D eigenvalue weighted by Crippen LogP contribution is 2.76. The van der Waals surface area contributed by atoms with Crippen molar-refractivity contribution in [3.05, 3.63) is 41.6 Å². The molecule has 0 unspecified atom stereocenters. The number of benzene rings is 1. The lowest BCUT2D eigenvalue weighted by Gasteiger charge is -2.20. The van der Waals surface area contributed by atoms with Crippen molar-refractivity contribution >= 4 is 11.8 Å². The van der Waals surface area contributed by atoms with Crippen LogP contribution in [-0.4, -0.2) is 21.7 Å². The lowest BCUT2D eigenvalue weighted by molar-refractivity contribution is 0.250. The highest BCUT2D eigenvalue weighted by molar-refractivity contribution is 5.91. The molecule has 3 aliphatic rings. The Morgan fingerprint density at radius 1 is 1.38 bits per heavy atom. The summed E-state index contributed by atoms with van der Waals surface area (Å²) in [4.78, 5) is 15.5. The molecule has 7 nitrogen and oxygen atoms in total. The molecule has 0 radical (unpaired) electrons. The van der Waals surface area contributed by atoms with Gasteiger partial charge in [-0.3, -0.25) is 5.32 Å². The Morgan fingerprint density at radius 3 is 2.96 bits per heavy atom. The number of nitrogens with zero attached hydrogens (tertiary/aromatic N) is 1. The van der Waals surface area contributed by atoms with Crippen molar-refractivity contribution in [2.75, 3.05) is 5.32 Å². The largest absolute Gasteiger partial charge is 0.508 e. The Bertz CT molecular complexity index is 884. The van der Waals surface area contributed by atoms with Crippen molar-refractivity contribution in [1.82, 2.24) is 10.3 Å². The topological polar surface area (TPSA) is 110 Å². The summed E-state index contributed by atoms with van der Waals surface area (Å²) in [7, 11) is 0. The Balaban J connectivity index is 1.46. The van der Waals surface area contributed by atoms with Crippen LogP contribution in [0.5, 0.6) is 17.2 Å². The number of nitrogens with one attached hydrogen (secondary N) is 2. The van der Waals surface area contributed by atoms with E-state index in [1.807, 2.05) is 6.07 Å². The van der Waals surface area contributed by atoms with E-state index in [0.717, 1.165) is 17.5 Å². The van der Waals surface area contributed by atoms with E-state index in [2.05, 4.69) is 15.6 Å². The van der Waals surface area contributed by atoms with E-state index in [9.17, 15) is 9.90 Å². The summed E-state index contributed by atoms with van der Waals surface area (Å²) in [6, 6.07) is 6.68. The van der Waals surface area contributed by atoms with Gasteiger partial charge in [-0.05, 0) is 36.6 Å². The predicted octanol–water partition coefficient (Wildman–Crippen LogP) is 2.03. The zero-order valence-electron chi connectivity index (χ0n) is 12.7. The minimum absolute atomic E-state index is 0.111. The molecule has 0 spiro atoms. The second kappa shape index (κ2) is 4.39. The number of phenols is 1. The maximum Gasteiger partial charge on any atom is 0.320 e. The molecule has 7 heteroatoms. The molecule has 2 saturated carbocycles. The highest BCUT2D eigenvalue weighted by Gasteiger charge is 2.77. The summed E-state index contributed by atoms with van der Waals surface area (Å²) in [5, 5.41) is 15.5. The maximum absolute atomic E-state index is 11.4. The van der Waals surface area contributed by atoms with Gasteiger partial charge < -0.3 is 20.9 Å². The third-order valence-corrected chi connectivity index (χ3v) is 5.21. The van der Waals surface area contributed by atoms with E-state index in [-0.39, 0.29) is 23.2 Å². The SMILES string of the molecule is N[C@@]12C[C@H]1[C@H]2c1cc(Oc2ccnc3c2CNC(=O)N3)ccc1O. The van der Waals surface area contributed by atoms with Gasteiger partial charge in [-0.25, -0.2) is 9.78 Å². The minimum Gasteiger partial charge on any atom is -0.508 e. The van der Waals surface area contributed by atoms with Crippen LogP contribution in [0.1, 0.15) is 23.5 Å². The van der Waals surface area contributed by atoms with Gasteiger partial charge in [0.2, 0.25) is 0 Å². The second-order valence-corrected chi connectivity index (χ2v) is 6.67. The molecular formula is C17H16N4O3. The number of carbonyl (C=O) groups excluding carboxylic acids is 1. The molecule has 0 saturated heterocycles. The third kappa shape index (κ3) is 1.88. The molecule has 5 N–H and O–H groups in total. The molecule has 1 aromatic heterocycles. The van der Waals surface area contributed by atoms with Crippen molar-refractivity contribution in [2.24, 2.45) is 11.7 Å². The summed E-state index contributed by atoms with van der Waals surface area (Å²) in [6.07, 6.45) is 2.62. The summed E-state index contributed by atoms with van der Waals surface area (Å²) in [6.45, 7) is 0.353. The first kappa shape index (κ1) is 13.6. The first-order valence-electron chi connectivity index (χ1n) is 7.88. The Labute approximate surface area is 137 Å². The standard InChI is InChI=1S/C17H16N4O3/c18-17-6-11(17)14(17)9-5-8(1-2-12(9)22)24-13-3-4-19-15-10(13)7-20-16(23)21-15/h1-5,11,14,22H,6-7,18H2,(H2,19,20,21,23)/t11-,14+,17-/m0/s1. The molecule has 122 valence electrons. The number of rotatable bonds is 3. The molecule has 3 atom stereocenters. The number of nitrogens with two attached hydrogens (primary N) is 1. The Hall–Kier alpha value is -2.80. The van der Waals surface area contributed by atoms with Gasteiger partial charge in [-0.2, -0.15) is 0 Å². The summed E-state index contributed by atoms with van der Waals surface area (Å²) < 4.78 is 5.99. The number of phenolic OH excluding ortho intramolecular Hbond substituents is 1. The number of pyridine rings is 1. The molecule has 5 rings (SSSR count). The Morgan fingerprint density at radius 2 is 2.21 bits per heavy atom. The summed E-state index contributed by atoms with van der Waals surface area (Å²) in [5.41, 5.74) is 7.71. The molecular weight excluding hydrogens is 308 g/mol. The molecule has 1 aromatic carbocycles. The van der Waals surface area contributed by atoms with Crippen LogP contribution in [0, 0.1) is 5.92 Å². The fourth-order valence-corrected chi connectivity index (χ4v) is 3.59. The monoisotopic (exact) mass is 324 g/mol. The number of hydrogen-bond donors (Lipinski definition) is 4. The minimum atomic E-state index is -0.278. The van der Waals surface area contributed by atoms with Gasteiger partial charge in [0.05, 0.1) is 12.1 Å². The van der Waals surface area contributed by atoms with Crippen LogP contribution in [0.2, 0.25) is 0 Å². The summed E-state index contributed by atoms with van der Waals surface area (Å²) in [5.74, 6) is 2.73. The van der Waals surface area contributed by atoms with Crippen LogP contribution in [0.15, 0.2) is 30.5 Å². The van der Waals surface area contributed by atoms with Crippen molar-refractivity contribution < 1.29 is 14.6 Å². The van der Waals surface area contributed by atoms with Gasteiger partial charge in [0.15, 0.2) is 0 Å². The lowest BCUT2D eigenvalue weighted by Crippen LogP contribution is -2.34. The van der Waals surface area contributed by atoms with E-state index in [0.29, 0.717) is 29.8 Å². The Kier molecular flexibility index (Phi) is 2.49. The number of hydrogen-bond acceptors (Lipinski definition) is 5. The van der Waals surface area contributed by atoms with Gasteiger partial charge in [-0.15, -0.1) is 0 Å². The maximum atomic E-state index is 11.4. The number of carbonyl (C=O) groups is 1. The van der Waals surface area contributed by atoms with Gasteiger partial charge in [0.1, 0.15) is 23.1 Å². The number of ether oxygens (including phenoxy) is 1. The molecule has 2 fully saturated rings. The van der Waals surface area contributed by atoms with Crippen molar-refractivity contribution in [3.63, 3.8) is 0 Å². The number of amides is 2. The van der Waals surface area contributed by atoms with Crippen LogP contribution < -0.4 is 21.1 Å². The molecule has 2 aliphatic carbocycles. The molecule has 2 aromatic rings. The summed E-state index contributed by atoms with van der Waals surface area (Å²) >= 11 is 0. The van der Waals surface area contributed by atoms with Gasteiger partial charge in [0, 0.05) is 23.2 Å². The lowest BCUT2D eigenvalue weighted by atomic mass is 10.00. The van der Waals surface area contributed by atoms with Gasteiger partial charge in [-0.1, -0.05) is 0 Å². The average Bonchev–Trinajstić information content (AvgIpc) is 3.39. The van der Waals surface area contributed by atoms with Gasteiger partial charge in [0.25, 0.3) is 0 Å². The fourth-order valence-electron chi connectivity index (χ4n) is 3.59. The number of anilines is 1. The normalized spacial score (nSPS) is 29.0. The number of fused-ring (bicyclic) bond motifs is 2. The van der Waals surface area contributed by atoms with Crippen molar-refractivity contribution in [2.45, 2.75) is 24.4 Å². The smallest absolute Gasteiger partial charge is 0.320 e. The van der Waals surface area contributed by atoms with Gasteiger partial charge >= 0.3 is 6.03 Å². The third-order valence-electron chi connectivity index (χ3n) is 5.21. The molecule has 2 amide bonds. The molecule has 0 bridgehead atoms. The van der Waals surface area contributed by atoms with E-state index in [4.69, 9.17) is 10.5 Å². The first-order chi connectivity index (χ1) is 11.6. The number of urea groups is 1. The zero-order chi connectivity index (χ0) is 16.5. The van der Waals surface area contributed by atoms with Crippen LogP contribution in [0.4, 0.5) is 10.6 Å². The van der Waals surface area contributed by atoms with Crippen molar-refractivity contribution in [1.29, 1.82) is 0 Å². The zero-order valence-corrected chi connectivity index (χ0v) is 12.7. The van der Waals surface area contributed by atoms with E-state index < -0.39 is 0 Å². The average molecular weight is 324 g/mol. The van der Waals surface area contributed by atoms with Crippen LogP contribution >= 0.6 is 0 Å². The second-order valence-electron chi connectivity index (χ2n) is 6.67. The van der Waals surface area contributed by atoms with Crippen molar-refractivity contribution in [3.8, 4) is 17.2 Å². The fraction of sp³-hybridized carbons (Fsp3) is 0.294. The quantitative estimate of drug-likeness (QED) is 0.690. The van der Waals surface area contributed by atoms with E-state index in [1.54, 1.807) is 24.4 Å². The molecule has 2 heterocycles.